The zero-order valence-electron chi connectivity index (χ0n) is 12.8. The Labute approximate surface area is 140 Å². The molecule has 0 aliphatic carbocycles. The van der Waals surface area contributed by atoms with E-state index in [1.807, 2.05) is 0 Å². The van der Waals surface area contributed by atoms with Crippen molar-refractivity contribution < 1.29 is 34.8 Å². The maximum Gasteiger partial charge on any atom is 0.351 e. The first kappa shape index (κ1) is 19.0. The summed E-state index contributed by atoms with van der Waals surface area (Å²) in [7, 11) is 0. The Hall–Kier alpha value is -2.38. The molecule has 1 fully saturated rings. The number of carboxylic acids is 1. The Morgan fingerprint density at radius 2 is 2.08 bits per heavy atom. The van der Waals surface area contributed by atoms with Gasteiger partial charge in [0.05, 0.1) is 13.0 Å². The van der Waals surface area contributed by atoms with Crippen LogP contribution in [0.15, 0.2) is 17.1 Å². The zero-order chi connectivity index (χ0) is 18.7. The van der Waals surface area contributed by atoms with E-state index in [0.717, 1.165) is 4.57 Å². The van der Waals surface area contributed by atoms with Gasteiger partial charge in [-0.1, -0.05) is 0 Å². The van der Waals surface area contributed by atoms with Gasteiger partial charge in [-0.15, -0.1) is 0 Å². The van der Waals surface area contributed by atoms with E-state index in [1.165, 1.54) is 12.3 Å². The van der Waals surface area contributed by atoms with Gasteiger partial charge >= 0.3 is 11.7 Å². The van der Waals surface area contributed by atoms with Crippen molar-refractivity contribution >= 4 is 17.7 Å². The number of nitrogens with one attached hydrogen (secondary N) is 1. The number of anilines is 1. The number of aromatic nitrogens is 2. The molecule has 12 heteroatoms. The highest BCUT2D eigenvalue weighted by Gasteiger charge is 2.43. The number of carbonyl (C=O) groups excluding carboxylic acids is 1. The van der Waals surface area contributed by atoms with Crippen LogP contribution in [0.3, 0.4) is 0 Å². The fourth-order valence-corrected chi connectivity index (χ4v) is 2.27. The van der Waals surface area contributed by atoms with E-state index in [4.69, 9.17) is 20.7 Å². The van der Waals surface area contributed by atoms with E-state index >= 15 is 0 Å². The van der Waals surface area contributed by atoms with Gasteiger partial charge in [-0.25, -0.2) is 4.79 Å². The first-order valence-corrected chi connectivity index (χ1v) is 7.24. The highest BCUT2D eigenvalue weighted by Crippen LogP contribution is 2.28. The van der Waals surface area contributed by atoms with Crippen LogP contribution in [-0.4, -0.2) is 72.8 Å². The van der Waals surface area contributed by atoms with E-state index in [9.17, 15) is 24.6 Å². The predicted molar refractivity (Wildman–Crippen MR) is 80.4 cm³/mol. The molecule has 1 aliphatic heterocycles. The van der Waals surface area contributed by atoms with Gasteiger partial charge in [-0.3, -0.25) is 14.2 Å². The number of ether oxygens (including phenoxy) is 1. The molecule has 5 atom stereocenters. The largest absolute Gasteiger partial charge is 0.480 e. The van der Waals surface area contributed by atoms with E-state index in [-0.39, 0.29) is 5.82 Å². The number of amides is 1. The normalized spacial score (nSPS) is 27.0. The van der Waals surface area contributed by atoms with E-state index in [1.54, 1.807) is 0 Å². The molecular weight excluding hydrogens is 340 g/mol. The van der Waals surface area contributed by atoms with Crippen LogP contribution in [0.25, 0.3) is 0 Å². The van der Waals surface area contributed by atoms with Crippen LogP contribution < -0.4 is 16.7 Å². The maximum atomic E-state index is 12.0. The molecule has 0 saturated carbocycles. The van der Waals surface area contributed by atoms with Gasteiger partial charge in [0.15, 0.2) is 6.23 Å². The van der Waals surface area contributed by atoms with Crippen molar-refractivity contribution in [3.8, 4) is 0 Å². The molecule has 0 spiro atoms. The van der Waals surface area contributed by atoms with Crippen LogP contribution in [0.5, 0.6) is 0 Å². The molecule has 138 valence electrons. The lowest BCUT2D eigenvalue weighted by Crippen LogP contribution is -2.36. The second-order valence-electron chi connectivity index (χ2n) is 5.43. The summed E-state index contributed by atoms with van der Waals surface area (Å²) < 4.78 is 6.10. The van der Waals surface area contributed by atoms with Gasteiger partial charge in [0, 0.05) is 6.20 Å². The second kappa shape index (κ2) is 7.67. The molecule has 25 heavy (non-hydrogen) atoms. The lowest BCUT2D eigenvalue weighted by molar-refractivity contribution is -0.140. The minimum Gasteiger partial charge on any atom is -0.480 e. The van der Waals surface area contributed by atoms with E-state index < -0.39 is 61.2 Å². The maximum absolute atomic E-state index is 12.0. The molecule has 0 aromatic carbocycles. The van der Waals surface area contributed by atoms with Crippen LogP contribution >= 0.6 is 0 Å². The third-order valence-electron chi connectivity index (χ3n) is 3.61. The molecule has 0 radical (unpaired) electrons. The molecule has 2 heterocycles. The first-order valence-electron chi connectivity index (χ1n) is 7.24. The van der Waals surface area contributed by atoms with Crippen molar-refractivity contribution in [3.05, 3.63) is 22.7 Å². The molecule has 1 aliphatic rings. The number of aliphatic hydroxyl groups excluding tert-OH is 3. The molecular formula is C13H18N4O8. The van der Waals surface area contributed by atoms with Crippen molar-refractivity contribution in [2.24, 2.45) is 5.73 Å². The van der Waals surface area contributed by atoms with Gasteiger partial charge in [0.1, 0.15) is 30.2 Å². The zero-order valence-corrected chi connectivity index (χ0v) is 12.8. The van der Waals surface area contributed by atoms with Crippen LogP contribution in [0.1, 0.15) is 12.6 Å². The summed E-state index contributed by atoms with van der Waals surface area (Å²) in [6.45, 7) is -0.547. The summed E-state index contributed by atoms with van der Waals surface area (Å²) in [6.07, 6.45) is -4.47. The summed E-state index contributed by atoms with van der Waals surface area (Å²) >= 11 is 0. The van der Waals surface area contributed by atoms with Crippen LogP contribution in [0, 0.1) is 0 Å². The van der Waals surface area contributed by atoms with Crippen molar-refractivity contribution in [1.82, 2.24) is 9.55 Å². The number of carbonyl (C=O) groups is 2. The molecule has 7 N–H and O–H groups in total. The fraction of sp³-hybridized carbons (Fsp3) is 0.538. The smallest absolute Gasteiger partial charge is 0.351 e. The third-order valence-corrected chi connectivity index (χ3v) is 3.61. The van der Waals surface area contributed by atoms with Crippen molar-refractivity contribution in [3.63, 3.8) is 0 Å². The Kier molecular flexibility index (Phi) is 5.81. The molecule has 1 aromatic heterocycles. The third kappa shape index (κ3) is 4.18. The number of aliphatic hydroxyl groups is 3. The first-order chi connectivity index (χ1) is 11.7. The number of hydrogen-bond donors (Lipinski definition) is 6. The lowest BCUT2D eigenvalue weighted by Gasteiger charge is -2.17. The standard InChI is InChI=1S/C13H18N4O8/c14-5(12(22)23)3-8(19)15-7-1-2-17(13(24)16-7)11-10(21)9(20)6(4-18)25-11/h1-2,5-6,9-11,18,20-21H,3-4,14H2,(H,22,23)(H,15,16,19,24)/t5-,6-,9-,10+,11-/m1/s1. The van der Waals surface area contributed by atoms with Crippen molar-refractivity contribution in [1.29, 1.82) is 0 Å². The van der Waals surface area contributed by atoms with Crippen LogP contribution in [0.4, 0.5) is 5.82 Å². The number of carboxylic acid groups (broad SMARTS) is 1. The predicted octanol–water partition coefficient (Wildman–Crippen LogP) is -3.40. The Balaban J connectivity index is 2.10. The van der Waals surface area contributed by atoms with Gasteiger partial charge in [-0.2, -0.15) is 4.98 Å². The molecule has 2 rings (SSSR count). The van der Waals surface area contributed by atoms with E-state index in [2.05, 4.69) is 10.3 Å². The summed E-state index contributed by atoms with van der Waals surface area (Å²) in [5, 5.41) is 39.5. The van der Waals surface area contributed by atoms with Crippen molar-refractivity contribution in [2.75, 3.05) is 11.9 Å². The molecule has 0 unspecified atom stereocenters. The fourth-order valence-electron chi connectivity index (χ4n) is 2.27. The number of nitrogens with two attached hydrogens (primary N) is 1. The summed E-state index contributed by atoms with van der Waals surface area (Å²) in [4.78, 5) is 37.8. The molecule has 12 nitrogen and oxygen atoms in total. The van der Waals surface area contributed by atoms with Crippen molar-refractivity contribution in [2.45, 2.75) is 37.0 Å². The van der Waals surface area contributed by atoms with Gasteiger partial charge < -0.3 is 36.2 Å². The number of rotatable bonds is 6. The Morgan fingerprint density at radius 1 is 1.40 bits per heavy atom. The average Bonchev–Trinajstić information content (AvgIpc) is 2.82. The minimum atomic E-state index is -1.45. The minimum absolute atomic E-state index is 0.143. The van der Waals surface area contributed by atoms with Gasteiger partial charge in [0.2, 0.25) is 5.91 Å². The summed E-state index contributed by atoms with van der Waals surface area (Å²) in [5.74, 6) is -2.23. The molecule has 1 amide bonds. The van der Waals surface area contributed by atoms with Gasteiger partial charge in [0.25, 0.3) is 0 Å². The summed E-state index contributed by atoms with van der Waals surface area (Å²) in [5.41, 5.74) is 4.33. The summed E-state index contributed by atoms with van der Waals surface area (Å²) in [6, 6.07) is -0.167. The second-order valence-corrected chi connectivity index (χ2v) is 5.43. The quantitative estimate of drug-likeness (QED) is 0.298. The monoisotopic (exact) mass is 358 g/mol. The molecule has 1 aromatic rings. The number of aliphatic carboxylic acids is 1. The van der Waals surface area contributed by atoms with Gasteiger partial charge in [-0.05, 0) is 6.07 Å². The SMILES string of the molecule is N[C@H](CC(=O)Nc1ccn([C@@H]2O[C@H](CO)[C@@H](O)[C@@H]2O)c(=O)n1)C(=O)O. The molecule has 0 bridgehead atoms. The highest BCUT2D eigenvalue weighted by molar-refractivity contribution is 5.93. The average molecular weight is 358 g/mol. The lowest BCUT2D eigenvalue weighted by atomic mass is 10.1. The number of hydrogen-bond acceptors (Lipinski definition) is 9. The molecule has 1 saturated heterocycles. The highest BCUT2D eigenvalue weighted by atomic mass is 16.6. The van der Waals surface area contributed by atoms with Crippen LogP contribution in [-0.2, 0) is 14.3 Å². The topological polar surface area (TPSA) is 197 Å². The van der Waals surface area contributed by atoms with E-state index in [0.29, 0.717) is 0 Å². The number of nitrogens with zero attached hydrogens (tertiary/aromatic N) is 2. The van der Waals surface area contributed by atoms with Crippen LogP contribution in [0.2, 0.25) is 0 Å². The Morgan fingerprint density at radius 3 is 2.60 bits per heavy atom. The Bertz CT molecular complexity index is 708.